The zero-order valence-corrected chi connectivity index (χ0v) is 14.4. The number of benzene rings is 2. The van der Waals surface area contributed by atoms with Gasteiger partial charge in [0.05, 0.1) is 17.4 Å². The van der Waals surface area contributed by atoms with Gasteiger partial charge in [-0.3, -0.25) is 4.79 Å². The van der Waals surface area contributed by atoms with E-state index in [-0.39, 0.29) is 10.8 Å². The van der Waals surface area contributed by atoms with E-state index in [1.165, 1.54) is 19.2 Å². The molecule has 2 aromatic rings. The van der Waals surface area contributed by atoms with Gasteiger partial charge in [-0.2, -0.15) is 0 Å². The smallest absolute Gasteiger partial charge is 0.266 e. The molecule has 0 aromatic heterocycles. The number of likely N-dealkylation sites (N-methyl/N-ethyl adjacent to an activating group) is 1. The van der Waals surface area contributed by atoms with E-state index < -0.39 is 15.9 Å². The predicted molar refractivity (Wildman–Crippen MR) is 90.5 cm³/mol. The van der Waals surface area contributed by atoms with Gasteiger partial charge < -0.3 is 4.74 Å². The van der Waals surface area contributed by atoms with Crippen LogP contribution < -0.4 is 4.74 Å². The number of sulfonamides is 1. The Labute approximate surface area is 141 Å². The monoisotopic (exact) mass is 345 g/mol. The van der Waals surface area contributed by atoms with Crippen LogP contribution >= 0.6 is 0 Å². The number of carbonyl (C=O) groups is 1. The summed E-state index contributed by atoms with van der Waals surface area (Å²) in [7, 11) is -2.55. The molecule has 1 amide bonds. The molecule has 1 unspecified atom stereocenters. The third kappa shape index (κ3) is 2.78. The molecule has 3 rings (SSSR count). The Hall–Kier alpha value is -2.34. The summed E-state index contributed by atoms with van der Waals surface area (Å²) in [6.45, 7) is 2.36. The molecule has 0 radical (unpaired) electrons. The van der Waals surface area contributed by atoms with Crippen molar-refractivity contribution in [1.82, 2.24) is 4.31 Å². The molecule has 1 aliphatic carbocycles. The van der Waals surface area contributed by atoms with Crippen LogP contribution in [0.2, 0.25) is 0 Å². The summed E-state index contributed by atoms with van der Waals surface area (Å²) in [5.74, 6) is -0.190. The minimum Gasteiger partial charge on any atom is -0.494 e. The fourth-order valence-electron chi connectivity index (χ4n) is 2.85. The molecule has 1 aliphatic rings. The maximum absolute atomic E-state index is 12.7. The van der Waals surface area contributed by atoms with Crippen molar-refractivity contribution in [3.63, 3.8) is 0 Å². The predicted octanol–water partition coefficient (Wildman–Crippen LogP) is 2.57. The van der Waals surface area contributed by atoms with Crippen LogP contribution in [-0.4, -0.2) is 32.3 Å². The van der Waals surface area contributed by atoms with Gasteiger partial charge in [0.25, 0.3) is 10.0 Å². The minimum absolute atomic E-state index is 0.0782. The van der Waals surface area contributed by atoms with E-state index in [9.17, 15) is 13.2 Å². The van der Waals surface area contributed by atoms with Crippen molar-refractivity contribution in [2.24, 2.45) is 0 Å². The summed E-state index contributed by atoms with van der Waals surface area (Å²) in [6, 6.07) is 13.7. The third-order valence-electron chi connectivity index (χ3n) is 4.26. The number of hydrogen-bond donors (Lipinski definition) is 0. The topological polar surface area (TPSA) is 63.7 Å². The van der Waals surface area contributed by atoms with Crippen LogP contribution in [0.3, 0.4) is 0 Å². The number of ether oxygens (including phenoxy) is 1. The molecule has 1 atom stereocenters. The quantitative estimate of drug-likeness (QED) is 0.835. The zero-order chi connectivity index (χ0) is 17.3. The number of carbonyl (C=O) groups excluding carboxylic acids is 1. The highest BCUT2D eigenvalue weighted by atomic mass is 32.2. The molecule has 24 heavy (non-hydrogen) atoms. The van der Waals surface area contributed by atoms with Crippen molar-refractivity contribution < 1.29 is 17.9 Å². The molecule has 126 valence electrons. The van der Waals surface area contributed by atoms with Gasteiger partial charge >= 0.3 is 0 Å². The Morgan fingerprint density at radius 3 is 2.46 bits per heavy atom. The van der Waals surface area contributed by atoms with Crippen LogP contribution in [0.25, 0.3) is 0 Å². The SMILES string of the molecule is CCOc1ccc(S(=O)(=O)N(C)C(=O)C2Cc3ccccc32)cc1. The van der Waals surface area contributed by atoms with Crippen LogP contribution in [0.1, 0.15) is 24.0 Å². The van der Waals surface area contributed by atoms with Crippen molar-refractivity contribution in [3.05, 3.63) is 59.7 Å². The van der Waals surface area contributed by atoms with Crippen LogP contribution in [0.15, 0.2) is 53.4 Å². The van der Waals surface area contributed by atoms with E-state index in [4.69, 9.17) is 4.74 Å². The first kappa shape index (κ1) is 16.5. The summed E-state index contributed by atoms with van der Waals surface area (Å²) in [5, 5.41) is 0. The average Bonchev–Trinajstić information content (AvgIpc) is 2.56. The standard InChI is InChI=1S/C18H19NO4S/c1-3-23-14-8-10-15(11-9-14)24(21,22)19(2)18(20)17-12-13-6-4-5-7-16(13)17/h4-11,17H,3,12H2,1-2H3. The van der Waals surface area contributed by atoms with Gasteiger partial charge in [0.2, 0.25) is 5.91 Å². The average molecular weight is 345 g/mol. The number of rotatable bonds is 5. The lowest BCUT2D eigenvalue weighted by molar-refractivity contribution is -0.127. The van der Waals surface area contributed by atoms with E-state index in [1.807, 2.05) is 31.2 Å². The van der Waals surface area contributed by atoms with Crippen molar-refractivity contribution >= 4 is 15.9 Å². The van der Waals surface area contributed by atoms with Crippen LogP contribution in [-0.2, 0) is 21.2 Å². The largest absolute Gasteiger partial charge is 0.494 e. The fourth-order valence-corrected chi connectivity index (χ4v) is 4.01. The van der Waals surface area contributed by atoms with E-state index >= 15 is 0 Å². The Kier molecular flexibility index (Phi) is 4.32. The number of nitrogens with zero attached hydrogens (tertiary/aromatic N) is 1. The maximum Gasteiger partial charge on any atom is 0.266 e. The maximum atomic E-state index is 12.7. The lowest BCUT2D eigenvalue weighted by atomic mass is 9.77. The first-order chi connectivity index (χ1) is 11.4. The molecular formula is C18H19NO4S. The minimum atomic E-state index is -3.87. The molecule has 0 N–H and O–H groups in total. The zero-order valence-electron chi connectivity index (χ0n) is 13.6. The van der Waals surface area contributed by atoms with E-state index in [0.717, 1.165) is 15.4 Å². The van der Waals surface area contributed by atoms with Gasteiger partial charge in [0, 0.05) is 7.05 Å². The van der Waals surface area contributed by atoms with E-state index in [2.05, 4.69) is 0 Å². The summed E-state index contributed by atoms with van der Waals surface area (Å²) in [4.78, 5) is 12.7. The number of hydrogen-bond acceptors (Lipinski definition) is 4. The normalized spacial score (nSPS) is 16.0. The highest BCUT2D eigenvalue weighted by Crippen LogP contribution is 2.36. The third-order valence-corrected chi connectivity index (χ3v) is 6.03. The van der Waals surface area contributed by atoms with Gasteiger partial charge in [-0.05, 0) is 48.7 Å². The van der Waals surface area contributed by atoms with Gasteiger partial charge in [-0.1, -0.05) is 24.3 Å². The van der Waals surface area contributed by atoms with Crippen molar-refractivity contribution in [1.29, 1.82) is 0 Å². The van der Waals surface area contributed by atoms with E-state index in [1.54, 1.807) is 12.1 Å². The van der Waals surface area contributed by atoms with Crippen molar-refractivity contribution in [3.8, 4) is 5.75 Å². The first-order valence-corrected chi connectivity index (χ1v) is 9.22. The van der Waals surface area contributed by atoms with E-state index in [0.29, 0.717) is 18.8 Å². The molecule has 6 heteroatoms. The highest BCUT2D eigenvalue weighted by molar-refractivity contribution is 7.89. The van der Waals surface area contributed by atoms with Crippen molar-refractivity contribution in [2.75, 3.05) is 13.7 Å². The van der Waals surface area contributed by atoms with Gasteiger partial charge in [-0.15, -0.1) is 0 Å². The molecule has 0 heterocycles. The molecule has 0 aliphatic heterocycles. The summed E-state index contributed by atoms with van der Waals surface area (Å²) in [6.07, 6.45) is 0.581. The molecule has 0 bridgehead atoms. The molecule has 0 fully saturated rings. The van der Waals surface area contributed by atoms with Crippen LogP contribution in [0, 0.1) is 0 Å². The molecular weight excluding hydrogens is 326 g/mol. The fraction of sp³-hybridized carbons (Fsp3) is 0.278. The number of amides is 1. The molecule has 0 spiro atoms. The van der Waals surface area contributed by atoms with Gasteiger partial charge in [0.1, 0.15) is 5.75 Å². The highest BCUT2D eigenvalue weighted by Gasteiger charge is 2.37. The Morgan fingerprint density at radius 2 is 1.83 bits per heavy atom. The van der Waals surface area contributed by atoms with Crippen molar-refractivity contribution in [2.45, 2.75) is 24.2 Å². The van der Waals surface area contributed by atoms with Gasteiger partial charge in [0.15, 0.2) is 0 Å². The summed E-state index contributed by atoms with van der Waals surface area (Å²) >= 11 is 0. The molecule has 0 saturated heterocycles. The summed E-state index contributed by atoms with van der Waals surface area (Å²) in [5.41, 5.74) is 2.01. The Bertz CT molecular complexity index is 859. The second kappa shape index (κ2) is 6.28. The van der Waals surface area contributed by atoms with Crippen LogP contribution in [0.4, 0.5) is 0 Å². The van der Waals surface area contributed by atoms with Gasteiger partial charge in [-0.25, -0.2) is 12.7 Å². The lowest BCUT2D eigenvalue weighted by Gasteiger charge is -2.31. The second-order valence-electron chi connectivity index (χ2n) is 5.67. The second-order valence-corrected chi connectivity index (χ2v) is 7.64. The Balaban J connectivity index is 1.81. The first-order valence-electron chi connectivity index (χ1n) is 7.78. The Morgan fingerprint density at radius 1 is 1.17 bits per heavy atom. The van der Waals surface area contributed by atoms with Crippen LogP contribution in [0.5, 0.6) is 5.75 Å². The molecule has 0 saturated carbocycles. The molecule has 2 aromatic carbocycles. The molecule has 5 nitrogen and oxygen atoms in total. The number of fused-ring (bicyclic) bond motifs is 1. The lowest BCUT2D eigenvalue weighted by Crippen LogP contribution is -2.40. The summed E-state index contributed by atoms with van der Waals surface area (Å²) < 4.78 is 31.5.